The average Bonchev–Trinajstić information content (AvgIpc) is 3.17. The first-order valence-electron chi connectivity index (χ1n) is 10.9. The van der Waals surface area contributed by atoms with E-state index in [1.807, 2.05) is 0 Å². The molecule has 0 N–H and O–H groups in total. The summed E-state index contributed by atoms with van der Waals surface area (Å²) < 4.78 is 5.97. The van der Waals surface area contributed by atoms with Gasteiger partial charge in [0.2, 0.25) is 0 Å². The summed E-state index contributed by atoms with van der Waals surface area (Å²) in [5.41, 5.74) is 2.47. The Hall–Kier alpha value is -0.971. The van der Waals surface area contributed by atoms with Gasteiger partial charge in [0, 0.05) is 0 Å². The third kappa shape index (κ3) is 6.85. The summed E-state index contributed by atoms with van der Waals surface area (Å²) in [4.78, 5) is 7.69. The molecule has 0 amide bonds. The summed E-state index contributed by atoms with van der Waals surface area (Å²) in [6, 6.07) is 8.53. The zero-order valence-electron chi connectivity index (χ0n) is 17.8. The number of aryl methyl sites for hydroxylation is 1. The Bertz CT molecular complexity index is 629. The maximum absolute atomic E-state index is 5.96. The molecule has 1 heterocycles. The van der Waals surface area contributed by atoms with Gasteiger partial charge >= 0.3 is 171 Å². The molecule has 0 aliphatic rings. The fourth-order valence-electron chi connectivity index (χ4n) is 3.83. The second-order valence-corrected chi connectivity index (χ2v) is 21.2. The van der Waals surface area contributed by atoms with Gasteiger partial charge in [-0.3, -0.25) is 0 Å². The summed E-state index contributed by atoms with van der Waals surface area (Å²) in [6.45, 7) is 9.65. The molecule has 0 fully saturated rings. The molecule has 150 valence electrons. The van der Waals surface area contributed by atoms with Crippen molar-refractivity contribution in [2.45, 2.75) is 86.1 Å². The fourth-order valence-corrected chi connectivity index (χ4v) is 19.3. The average molecular weight is 477 g/mol. The molecule has 2 aromatic rings. The summed E-state index contributed by atoms with van der Waals surface area (Å²) in [7, 11) is 0. The van der Waals surface area contributed by atoms with Crippen molar-refractivity contribution in [1.82, 2.24) is 9.94 Å². The van der Waals surface area contributed by atoms with Gasteiger partial charge in [0.1, 0.15) is 0 Å². The van der Waals surface area contributed by atoms with Gasteiger partial charge in [-0.05, 0) is 0 Å². The molecule has 0 bridgehead atoms. The first-order chi connectivity index (χ1) is 13.1. The molecule has 2 rings (SSSR count). The van der Waals surface area contributed by atoms with E-state index in [1.165, 1.54) is 63.0 Å². The van der Waals surface area contributed by atoms with Crippen molar-refractivity contribution in [2.75, 3.05) is 0 Å². The van der Waals surface area contributed by atoms with Crippen LogP contribution in [-0.2, 0) is 6.61 Å². The molecular weight excluding hydrogens is 439 g/mol. The van der Waals surface area contributed by atoms with E-state index < -0.39 is 18.4 Å². The summed E-state index contributed by atoms with van der Waals surface area (Å²) in [5.74, 6) is 0. The molecular formula is C23H38N2OSn. The van der Waals surface area contributed by atoms with Crippen LogP contribution in [-0.4, -0.2) is 28.3 Å². The zero-order chi connectivity index (χ0) is 19.5. The Balaban J connectivity index is 2.12. The van der Waals surface area contributed by atoms with E-state index in [1.54, 1.807) is 8.42 Å². The van der Waals surface area contributed by atoms with Crippen LogP contribution in [0.1, 0.15) is 70.4 Å². The SMILES string of the molecule is CCC[CH2][Sn]([CH2]CCC)([CH2]CCC)[c]1cnn(OCc2ccc(C)cc2)c1. The van der Waals surface area contributed by atoms with Crippen molar-refractivity contribution in [3.63, 3.8) is 0 Å². The van der Waals surface area contributed by atoms with Gasteiger partial charge in [-0.1, -0.05) is 0 Å². The molecule has 27 heavy (non-hydrogen) atoms. The quantitative estimate of drug-likeness (QED) is 0.337. The molecule has 0 saturated heterocycles. The number of hydrogen-bond donors (Lipinski definition) is 0. The fraction of sp³-hybridized carbons (Fsp3) is 0.609. The molecule has 0 unspecified atom stereocenters. The monoisotopic (exact) mass is 478 g/mol. The number of aromatic nitrogens is 2. The molecule has 0 atom stereocenters. The van der Waals surface area contributed by atoms with E-state index in [0.717, 1.165) is 0 Å². The van der Waals surface area contributed by atoms with Crippen LogP contribution in [0.2, 0.25) is 13.3 Å². The minimum atomic E-state index is -2.39. The van der Waals surface area contributed by atoms with E-state index in [9.17, 15) is 0 Å². The van der Waals surface area contributed by atoms with E-state index in [2.05, 4.69) is 69.5 Å². The first kappa shape index (κ1) is 22.3. The van der Waals surface area contributed by atoms with Crippen LogP contribution in [0.15, 0.2) is 36.7 Å². The summed E-state index contributed by atoms with van der Waals surface area (Å²) >= 11 is -2.39. The number of nitrogens with zero attached hydrogens (tertiary/aromatic N) is 2. The third-order valence-corrected chi connectivity index (χ3v) is 21.1. The topological polar surface area (TPSA) is 27.1 Å². The Labute approximate surface area is 170 Å². The van der Waals surface area contributed by atoms with Crippen molar-refractivity contribution in [2.24, 2.45) is 0 Å². The Morgan fingerprint density at radius 3 is 1.96 bits per heavy atom. The van der Waals surface area contributed by atoms with Crippen molar-refractivity contribution in [1.29, 1.82) is 0 Å². The summed E-state index contributed by atoms with van der Waals surface area (Å²) in [5, 5.41) is 4.59. The number of benzene rings is 1. The van der Waals surface area contributed by atoms with Crippen LogP contribution in [0.25, 0.3) is 0 Å². The van der Waals surface area contributed by atoms with Gasteiger partial charge in [-0.2, -0.15) is 0 Å². The maximum atomic E-state index is 5.96. The van der Waals surface area contributed by atoms with Crippen LogP contribution in [0, 0.1) is 6.92 Å². The molecule has 1 aromatic heterocycles. The summed E-state index contributed by atoms with van der Waals surface area (Å²) in [6.07, 6.45) is 12.4. The van der Waals surface area contributed by atoms with Crippen LogP contribution in [0.4, 0.5) is 0 Å². The Kier molecular flexibility index (Phi) is 9.74. The second-order valence-electron chi connectivity index (χ2n) is 7.98. The second kappa shape index (κ2) is 11.8. The third-order valence-electron chi connectivity index (χ3n) is 5.68. The van der Waals surface area contributed by atoms with E-state index in [0.29, 0.717) is 6.61 Å². The number of rotatable bonds is 13. The normalized spacial score (nSPS) is 11.7. The predicted molar refractivity (Wildman–Crippen MR) is 118 cm³/mol. The Morgan fingerprint density at radius 2 is 1.44 bits per heavy atom. The van der Waals surface area contributed by atoms with Gasteiger partial charge in [0.15, 0.2) is 0 Å². The minimum absolute atomic E-state index is 0.572. The van der Waals surface area contributed by atoms with Crippen LogP contribution in [0.3, 0.4) is 0 Å². The Morgan fingerprint density at radius 1 is 0.889 bits per heavy atom. The van der Waals surface area contributed by atoms with Crippen molar-refractivity contribution in [3.8, 4) is 0 Å². The van der Waals surface area contributed by atoms with E-state index in [-0.39, 0.29) is 0 Å². The van der Waals surface area contributed by atoms with Crippen molar-refractivity contribution >= 4 is 22.0 Å². The van der Waals surface area contributed by atoms with Crippen LogP contribution < -0.4 is 8.42 Å². The van der Waals surface area contributed by atoms with Gasteiger partial charge < -0.3 is 0 Å². The van der Waals surface area contributed by atoms with Gasteiger partial charge in [0.05, 0.1) is 0 Å². The number of hydrogen-bond acceptors (Lipinski definition) is 2. The van der Waals surface area contributed by atoms with Crippen LogP contribution >= 0.6 is 0 Å². The molecule has 0 spiro atoms. The molecule has 0 saturated carbocycles. The molecule has 0 aliphatic heterocycles. The van der Waals surface area contributed by atoms with Gasteiger partial charge in [0.25, 0.3) is 0 Å². The number of unbranched alkanes of at least 4 members (excludes halogenated alkanes) is 3. The van der Waals surface area contributed by atoms with E-state index in [4.69, 9.17) is 4.84 Å². The molecule has 0 aliphatic carbocycles. The van der Waals surface area contributed by atoms with Crippen molar-refractivity contribution in [3.05, 3.63) is 47.8 Å². The molecule has 3 nitrogen and oxygen atoms in total. The van der Waals surface area contributed by atoms with Crippen LogP contribution in [0.5, 0.6) is 0 Å². The molecule has 0 radical (unpaired) electrons. The van der Waals surface area contributed by atoms with Gasteiger partial charge in [-0.15, -0.1) is 0 Å². The predicted octanol–water partition coefficient (Wildman–Crippen LogP) is 5.88. The van der Waals surface area contributed by atoms with Gasteiger partial charge in [-0.25, -0.2) is 0 Å². The molecule has 1 aromatic carbocycles. The van der Waals surface area contributed by atoms with Crippen molar-refractivity contribution < 1.29 is 4.84 Å². The van der Waals surface area contributed by atoms with E-state index >= 15 is 0 Å². The molecule has 4 heteroatoms. The first-order valence-corrected chi connectivity index (χ1v) is 18.4. The standard InChI is InChI=1S/C11H11N2O.3C4H9.Sn/c1-10-3-5-11(6-4-10)9-14-13-8-2-7-12-13;3*1-3-4-2;/h3-8H,9H2,1H3;3*1,3-4H2,2H3;. The zero-order valence-corrected chi connectivity index (χ0v) is 20.7.